The van der Waals surface area contributed by atoms with Crippen molar-refractivity contribution in [2.75, 3.05) is 19.8 Å². The summed E-state index contributed by atoms with van der Waals surface area (Å²) in [7, 11) is 4.08. The molecular formula is C19H22N2O2S. The van der Waals surface area contributed by atoms with Gasteiger partial charge in [0, 0.05) is 23.7 Å². The Labute approximate surface area is 147 Å². The molecule has 1 aliphatic rings. The lowest BCUT2D eigenvalue weighted by atomic mass is 10.1. The van der Waals surface area contributed by atoms with Crippen LogP contribution in [0.1, 0.15) is 11.1 Å². The number of amides is 1. The van der Waals surface area contributed by atoms with E-state index in [1.807, 2.05) is 50.5 Å². The van der Waals surface area contributed by atoms with Gasteiger partial charge in [0.25, 0.3) is 5.91 Å². The highest BCUT2D eigenvalue weighted by Crippen LogP contribution is 2.34. The molecule has 24 heavy (non-hydrogen) atoms. The summed E-state index contributed by atoms with van der Waals surface area (Å²) in [6.07, 6.45) is -0.439. The van der Waals surface area contributed by atoms with Gasteiger partial charge in [0.15, 0.2) is 6.10 Å². The zero-order valence-corrected chi connectivity index (χ0v) is 14.8. The first-order chi connectivity index (χ1) is 11.6. The fraction of sp³-hybridized carbons (Fsp3) is 0.316. The van der Waals surface area contributed by atoms with Crippen LogP contribution in [-0.2, 0) is 17.9 Å². The minimum Gasteiger partial charge on any atom is -0.479 e. The Morgan fingerprint density at radius 2 is 1.88 bits per heavy atom. The summed E-state index contributed by atoms with van der Waals surface area (Å²) < 4.78 is 5.84. The van der Waals surface area contributed by atoms with E-state index in [1.54, 1.807) is 11.8 Å². The fourth-order valence-electron chi connectivity index (χ4n) is 2.67. The number of para-hydroxylation sites is 1. The first-order valence-corrected chi connectivity index (χ1v) is 9.00. The zero-order valence-electron chi connectivity index (χ0n) is 14.0. The topological polar surface area (TPSA) is 41.6 Å². The lowest BCUT2D eigenvalue weighted by Crippen LogP contribution is -2.41. The smallest absolute Gasteiger partial charge is 0.262 e. The number of carbonyl (C=O) groups is 1. The van der Waals surface area contributed by atoms with E-state index in [1.165, 1.54) is 5.56 Å². The number of benzene rings is 2. The largest absolute Gasteiger partial charge is 0.479 e. The third-order valence-corrected chi connectivity index (χ3v) is 4.98. The average molecular weight is 342 g/mol. The van der Waals surface area contributed by atoms with E-state index in [-0.39, 0.29) is 5.91 Å². The van der Waals surface area contributed by atoms with Crippen LogP contribution in [0.25, 0.3) is 0 Å². The van der Waals surface area contributed by atoms with Crippen LogP contribution in [0.4, 0.5) is 0 Å². The quantitative estimate of drug-likeness (QED) is 0.907. The SMILES string of the molecule is CN(C)Cc1ccccc1CNC(=O)C1CSc2ccccc2O1. The fourth-order valence-corrected chi connectivity index (χ4v) is 3.65. The number of hydrogen-bond donors (Lipinski definition) is 1. The van der Waals surface area contributed by atoms with Crippen molar-refractivity contribution in [3.63, 3.8) is 0 Å². The van der Waals surface area contributed by atoms with Gasteiger partial charge in [-0.3, -0.25) is 4.79 Å². The van der Waals surface area contributed by atoms with Crippen molar-refractivity contribution >= 4 is 17.7 Å². The van der Waals surface area contributed by atoms with Crippen molar-refractivity contribution in [2.45, 2.75) is 24.1 Å². The van der Waals surface area contributed by atoms with Crippen LogP contribution in [0.2, 0.25) is 0 Å². The maximum Gasteiger partial charge on any atom is 0.262 e. The van der Waals surface area contributed by atoms with E-state index in [0.29, 0.717) is 12.3 Å². The molecule has 2 aromatic carbocycles. The number of hydrogen-bond acceptors (Lipinski definition) is 4. The van der Waals surface area contributed by atoms with Gasteiger partial charge in [-0.2, -0.15) is 0 Å². The average Bonchev–Trinajstić information content (AvgIpc) is 2.60. The number of fused-ring (bicyclic) bond motifs is 1. The maximum atomic E-state index is 12.5. The normalized spacial score (nSPS) is 16.4. The Hall–Kier alpha value is -1.98. The first kappa shape index (κ1) is 16.9. The summed E-state index contributed by atoms with van der Waals surface area (Å²) >= 11 is 1.67. The molecule has 1 amide bonds. The number of nitrogens with zero attached hydrogens (tertiary/aromatic N) is 1. The summed E-state index contributed by atoms with van der Waals surface area (Å²) in [6, 6.07) is 16.0. The minimum absolute atomic E-state index is 0.0586. The van der Waals surface area contributed by atoms with Crippen LogP contribution >= 0.6 is 11.8 Å². The highest BCUT2D eigenvalue weighted by atomic mass is 32.2. The molecule has 0 saturated heterocycles. The summed E-state index contributed by atoms with van der Waals surface area (Å²) in [6.45, 7) is 1.38. The molecule has 1 unspecified atom stereocenters. The van der Waals surface area contributed by atoms with Gasteiger partial charge in [-0.1, -0.05) is 36.4 Å². The molecule has 1 atom stereocenters. The van der Waals surface area contributed by atoms with Crippen molar-refractivity contribution in [1.29, 1.82) is 0 Å². The molecule has 0 radical (unpaired) electrons. The molecule has 0 saturated carbocycles. The monoisotopic (exact) mass is 342 g/mol. The van der Waals surface area contributed by atoms with Gasteiger partial charge in [0.05, 0.1) is 0 Å². The summed E-state index contributed by atoms with van der Waals surface area (Å²) in [5.74, 6) is 1.38. The molecule has 3 rings (SSSR count). The third kappa shape index (κ3) is 4.10. The van der Waals surface area contributed by atoms with Crippen LogP contribution in [0.3, 0.4) is 0 Å². The van der Waals surface area contributed by atoms with Crippen LogP contribution in [0.15, 0.2) is 53.4 Å². The van der Waals surface area contributed by atoms with Crippen molar-refractivity contribution in [2.24, 2.45) is 0 Å². The van der Waals surface area contributed by atoms with Gasteiger partial charge in [0.2, 0.25) is 0 Å². The van der Waals surface area contributed by atoms with E-state index < -0.39 is 6.10 Å². The van der Waals surface area contributed by atoms with E-state index in [0.717, 1.165) is 22.8 Å². The zero-order chi connectivity index (χ0) is 16.9. The Balaban J connectivity index is 1.61. The number of carbonyl (C=O) groups excluding carboxylic acids is 1. The van der Waals surface area contributed by atoms with Gasteiger partial charge in [0.1, 0.15) is 5.75 Å². The molecule has 0 spiro atoms. The molecule has 5 heteroatoms. The molecule has 0 bridgehead atoms. The summed E-state index contributed by atoms with van der Waals surface area (Å²) in [5, 5.41) is 3.02. The van der Waals surface area contributed by atoms with Crippen molar-refractivity contribution in [3.05, 3.63) is 59.7 Å². The van der Waals surface area contributed by atoms with Gasteiger partial charge >= 0.3 is 0 Å². The number of ether oxygens (including phenoxy) is 1. The molecule has 2 aromatic rings. The molecule has 126 valence electrons. The Bertz CT molecular complexity index is 718. The van der Waals surface area contributed by atoms with Crippen LogP contribution < -0.4 is 10.1 Å². The highest BCUT2D eigenvalue weighted by Gasteiger charge is 2.26. The molecule has 0 aromatic heterocycles. The molecular weight excluding hydrogens is 320 g/mol. The molecule has 1 N–H and O–H groups in total. The lowest BCUT2D eigenvalue weighted by molar-refractivity contribution is -0.127. The first-order valence-electron chi connectivity index (χ1n) is 8.01. The van der Waals surface area contributed by atoms with Crippen molar-refractivity contribution < 1.29 is 9.53 Å². The Morgan fingerprint density at radius 1 is 1.17 bits per heavy atom. The number of rotatable bonds is 5. The lowest BCUT2D eigenvalue weighted by Gasteiger charge is -2.25. The second-order valence-corrected chi connectivity index (χ2v) is 7.15. The second kappa shape index (κ2) is 7.73. The Kier molecular flexibility index (Phi) is 5.43. The Morgan fingerprint density at radius 3 is 2.67 bits per heavy atom. The predicted molar refractivity (Wildman–Crippen MR) is 97.3 cm³/mol. The third-order valence-electron chi connectivity index (χ3n) is 3.86. The molecule has 0 fully saturated rings. The summed E-state index contributed by atoms with van der Waals surface area (Å²) in [5.41, 5.74) is 2.37. The van der Waals surface area contributed by atoms with Crippen molar-refractivity contribution in [1.82, 2.24) is 10.2 Å². The van der Waals surface area contributed by atoms with E-state index >= 15 is 0 Å². The molecule has 1 heterocycles. The number of nitrogens with one attached hydrogen (secondary N) is 1. The van der Waals surface area contributed by atoms with E-state index in [4.69, 9.17) is 4.74 Å². The highest BCUT2D eigenvalue weighted by molar-refractivity contribution is 7.99. The van der Waals surface area contributed by atoms with Gasteiger partial charge in [-0.05, 0) is 37.4 Å². The predicted octanol–water partition coefficient (Wildman–Crippen LogP) is 2.92. The van der Waals surface area contributed by atoms with Gasteiger partial charge < -0.3 is 15.0 Å². The minimum atomic E-state index is -0.439. The van der Waals surface area contributed by atoms with Crippen LogP contribution in [0.5, 0.6) is 5.75 Å². The van der Waals surface area contributed by atoms with Gasteiger partial charge in [-0.15, -0.1) is 11.8 Å². The van der Waals surface area contributed by atoms with E-state index in [9.17, 15) is 4.79 Å². The molecule has 1 aliphatic heterocycles. The maximum absolute atomic E-state index is 12.5. The van der Waals surface area contributed by atoms with Crippen LogP contribution in [-0.4, -0.2) is 36.8 Å². The molecule has 0 aliphatic carbocycles. The van der Waals surface area contributed by atoms with Crippen LogP contribution in [0, 0.1) is 0 Å². The number of thioether (sulfide) groups is 1. The molecule has 4 nitrogen and oxygen atoms in total. The van der Waals surface area contributed by atoms with E-state index in [2.05, 4.69) is 22.3 Å². The second-order valence-electron chi connectivity index (χ2n) is 6.09. The van der Waals surface area contributed by atoms with Crippen molar-refractivity contribution in [3.8, 4) is 5.75 Å². The summed E-state index contributed by atoms with van der Waals surface area (Å²) in [4.78, 5) is 15.7. The van der Waals surface area contributed by atoms with Gasteiger partial charge in [-0.25, -0.2) is 0 Å². The standard InChI is InChI=1S/C19H22N2O2S/c1-21(2)12-15-8-4-3-7-14(15)11-20-19(22)17-13-24-18-10-6-5-9-16(18)23-17/h3-10,17H,11-13H2,1-2H3,(H,20,22).